The molecule has 2 amide bonds. The van der Waals surface area contributed by atoms with Crippen molar-refractivity contribution in [1.82, 2.24) is 14.5 Å². The zero-order chi connectivity index (χ0) is 27.4. The number of amides is 2. The first kappa shape index (κ1) is 28.4. The maximum atomic E-state index is 13.7. The Morgan fingerprint density at radius 1 is 1.18 bits per heavy atom. The molecule has 0 bridgehead atoms. The summed E-state index contributed by atoms with van der Waals surface area (Å²) in [4.78, 5) is 14.7. The van der Waals surface area contributed by atoms with E-state index in [9.17, 15) is 17.6 Å². The Balaban J connectivity index is 1.41. The Hall–Kier alpha value is -2.66. The van der Waals surface area contributed by atoms with Crippen molar-refractivity contribution in [2.45, 2.75) is 37.2 Å². The number of hydrogen-bond acceptors (Lipinski definition) is 4. The van der Waals surface area contributed by atoms with Crippen LogP contribution in [0, 0.1) is 12.7 Å². The lowest BCUT2D eigenvalue weighted by Crippen LogP contribution is -2.51. The van der Waals surface area contributed by atoms with Crippen molar-refractivity contribution in [2.75, 3.05) is 20.1 Å². The van der Waals surface area contributed by atoms with Crippen LogP contribution < -0.4 is 10.1 Å². The standard InChI is InChI=1S/C27H28BrClFN3O4S/c1-18-14-23(9-12-25(18)30)37-26-15-21(29)8-5-19(26)16-32(2)27(34)31-22-4-3-13-33(17-22)38(35,36)24-10-6-20(28)7-11-24/h5-12,14-15,22H,3-4,13,16-17H2,1-2H3,(H,31,34). The summed E-state index contributed by atoms with van der Waals surface area (Å²) in [6, 6.07) is 15.4. The molecule has 1 N–H and O–H groups in total. The average molecular weight is 625 g/mol. The van der Waals surface area contributed by atoms with Crippen LogP contribution in [0.1, 0.15) is 24.0 Å². The van der Waals surface area contributed by atoms with Gasteiger partial charge in [0.05, 0.1) is 11.4 Å². The SMILES string of the molecule is Cc1cc(Oc2cc(Cl)ccc2CN(C)C(=O)NC2CCCN(S(=O)(=O)c3ccc(Br)cc3)C2)ccc1F. The molecule has 1 fully saturated rings. The molecule has 1 saturated heterocycles. The van der Waals surface area contributed by atoms with Crippen LogP contribution in [0.5, 0.6) is 11.5 Å². The number of benzene rings is 3. The third-order valence-electron chi connectivity index (χ3n) is 6.30. The molecule has 1 atom stereocenters. The summed E-state index contributed by atoms with van der Waals surface area (Å²) >= 11 is 9.50. The molecule has 4 rings (SSSR count). The molecule has 11 heteroatoms. The molecule has 3 aromatic carbocycles. The molecule has 3 aromatic rings. The predicted molar refractivity (Wildman–Crippen MR) is 149 cm³/mol. The molecule has 7 nitrogen and oxygen atoms in total. The van der Waals surface area contributed by atoms with Crippen LogP contribution in [0.3, 0.4) is 0 Å². The van der Waals surface area contributed by atoms with E-state index in [-0.39, 0.29) is 35.9 Å². The van der Waals surface area contributed by atoms with Crippen LogP contribution in [-0.4, -0.2) is 49.8 Å². The molecule has 0 saturated carbocycles. The summed E-state index contributed by atoms with van der Waals surface area (Å²) in [5, 5.41) is 3.42. The highest BCUT2D eigenvalue weighted by Crippen LogP contribution is 2.30. The van der Waals surface area contributed by atoms with Crippen molar-refractivity contribution >= 4 is 43.6 Å². The zero-order valence-electron chi connectivity index (χ0n) is 21.0. The summed E-state index contributed by atoms with van der Waals surface area (Å²) < 4.78 is 48.0. The fourth-order valence-electron chi connectivity index (χ4n) is 4.21. The summed E-state index contributed by atoms with van der Waals surface area (Å²) in [5.74, 6) is 0.576. The van der Waals surface area contributed by atoms with Gasteiger partial charge in [-0.15, -0.1) is 0 Å². The Bertz CT molecular complexity index is 1420. The van der Waals surface area contributed by atoms with Crippen molar-refractivity contribution in [3.05, 3.63) is 87.1 Å². The van der Waals surface area contributed by atoms with E-state index in [1.54, 1.807) is 62.5 Å². The Morgan fingerprint density at radius 3 is 2.63 bits per heavy atom. The molecular formula is C27H28BrClFN3O4S. The molecule has 202 valence electrons. The molecule has 0 spiro atoms. The molecule has 38 heavy (non-hydrogen) atoms. The van der Waals surface area contributed by atoms with E-state index in [2.05, 4.69) is 21.2 Å². The van der Waals surface area contributed by atoms with Gasteiger partial charge in [0.2, 0.25) is 10.0 Å². The Labute approximate surface area is 235 Å². The summed E-state index contributed by atoms with van der Waals surface area (Å²) in [7, 11) is -2.02. The van der Waals surface area contributed by atoms with E-state index in [1.807, 2.05) is 0 Å². The van der Waals surface area contributed by atoms with E-state index < -0.39 is 10.0 Å². The lowest BCUT2D eigenvalue weighted by Gasteiger charge is -2.33. The van der Waals surface area contributed by atoms with Crippen molar-refractivity contribution in [1.29, 1.82) is 0 Å². The lowest BCUT2D eigenvalue weighted by molar-refractivity contribution is 0.193. The first-order valence-electron chi connectivity index (χ1n) is 12.0. The van der Waals surface area contributed by atoms with E-state index >= 15 is 0 Å². The van der Waals surface area contributed by atoms with Gasteiger partial charge in [-0.2, -0.15) is 4.31 Å². The van der Waals surface area contributed by atoms with Crippen LogP contribution in [0.4, 0.5) is 9.18 Å². The number of hydrogen-bond donors (Lipinski definition) is 1. The third-order valence-corrected chi connectivity index (χ3v) is 8.95. The van der Waals surface area contributed by atoms with Crippen LogP contribution in [-0.2, 0) is 16.6 Å². The largest absolute Gasteiger partial charge is 0.457 e. The van der Waals surface area contributed by atoms with E-state index in [0.717, 1.165) is 4.47 Å². The molecule has 0 radical (unpaired) electrons. The predicted octanol–water partition coefficient (Wildman–Crippen LogP) is 6.34. The fourth-order valence-corrected chi connectivity index (χ4v) is 6.16. The second kappa shape index (κ2) is 12.0. The van der Waals surface area contributed by atoms with Gasteiger partial charge in [0.1, 0.15) is 17.3 Å². The number of ether oxygens (including phenoxy) is 1. The topological polar surface area (TPSA) is 79.0 Å². The van der Waals surface area contributed by atoms with E-state index in [4.69, 9.17) is 16.3 Å². The van der Waals surface area contributed by atoms with Crippen molar-refractivity contribution < 1.29 is 22.3 Å². The van der Waals surface area contributed by atoms with Crippen molar-refractivity contribution in [3.63, 3.8) is 0 Å². The minimum Gasteiger partial charge on any atom is -0.457 e. The van der Waals surface area contributed by atoms with Gasteiger partial charge in [0.15, 0.2) is 0 Å². The summed E-state index contributed by atoms with van der Waals surface area (Å²) in [6.07, 6.45) is 1.31. The van der Waals surface area contributed by atoms with Crippen LogP contribution in [0.25, 0.3) is 0 Å². The molecular weight excluding hydrogens is 597 g/mol. The molecule has 0 aliphatic carbocycles. The summed E-state index contributed by atoms with van der Waals surface area (Å²) in [5.41, 5.74) is 1.16. The third kappa shape index (κ3) is 6.85. The first-order valence-corrected chi connectivity index (χ1v) is 14.6. The average Bonchev–Trinajstić information content (AvgIpc) is 2.88. The van der Waals surface area contributed by atoms with Crippen LogP contribution in [0.2, 0.25) is 5.02 Å². The maximum Gasteiger partial charge on any atom is 0.317 e. The molecule has 1 aliphatic heterocycles. The zero-order valence-corrected chi connectivity index (χ0v) is 24.1. The fraction of sp³-hybridized carbons (Fsp3) is 0.296. The number of aryl methyl sites for hydroxylation is 1. The molecule has 1 aliphatic rings. The van der Waals surface area contributed by atoms with E-state index in [1.165, 1.54) is 21.3 Å². The number of sulfonamides is 1. The van der Waals surface area contributed by atoms with Gasteiger partial charge in [-0.1, -0.05) is 33.6 Å². The molecule has 1 heterocycles. The quantitative estimate of drug-likeness (QED) is 0.333. The van der Waals surface area contributed by atoms with Gasteiger partial charge in [0, 0.05) is 41.2 Å². The smallest absolute Gasteiger partial charge is 0.317 e. The van der Waals surface area contributed by atoms with E-state index in [0.29, 0.717) is 47.0 Å². The number of carbonyl (C=O) groups excluding carboxylic acids is 1. The van der Waals surface area contributed by atoms with Gasteiger partial charge in [-0.05, 0) is 79.9 Å². The number of piperidine rings is 1. The van der Waals surface area contributed by atoms with Crippen LogP contribution >= 0.6 is 27.5 Å². The normalized spacial score (nSPS) is 16.2. The lowest BCUT2D eigenvalue weighted by atomic mass is 10.1. The Morgan fingerprint density at radius 2 is 1.92 bits per heavy atom. The highest BCUT2D eigenvalue weighted by Gasteiger charge is 2.31. The number of nitrogens with one attached hydrogen (secondary N) is 1. The van der Waals surface area contributed by atoms with Gasteiger partial charge >= 0.3 is 6.03 Å². The number of halogens is 3. The number of nitrogens with zero attached hydrogens (tertiary/aromatic N) is 2. The molecule has 0 aromatic heterocycles. The minimum absolute atomic E-state index is 0.192. The van der Waals surface area contributed by atoms with Gasteiger partial charge in [-0.3, -0.25) is 0 Å². The van der Waals surface area contributed by atoms with Crippen LogP contribution in [0.15, 0.2) is 70.0 Å². The van der Waals surface area contributed by atoms with Gasteiger partial charge in [0.25, 0.3) is 0 Å². The monoisotopic (exact) mass is 623 g/mol. The summed E-state index contributed by atoms with van der Waals surface area (Å²) in [6.45, 7) is 2.45. The second-order valence-electron chi connectivity index (χ2n) is 9.23. The number of urea groups is 1. The van der Waals surface area contributed by atoms with Gasteiger partial charge < -0.3 is 15.0 Å². The molecule has 1 unspecified atom stereocenters. The minimum atomic E-state index is -3.67. The number of rotatable bonds is 7. The first-order chi connectivity index (χ1) is 18.0. The van der Waals surface area contributed by atoms with Crippen molar-refractivity contribution in [3.8, 4) is 11.5 Å². The second-order valence-corrected chi connectivity index (χ2v) is 12.5. The highest BCUT2D eigenvalue weighted by atomic mass is 79.9. The van der Waals surface area contributed by atoms with Crippen molar-refractivity contribution in [2.24, 2.45) is 0 Å². The Kier molecular flexibility index (Phi) is 8.97. The maximum absolute atomic E-state index is 13.7. The number of carbonyl (C=O) groups is 1. The van der Waals surface area contributed by atoms with Gasteiger partial charge in [-0.25, -0.2) is 17.6 Å². The highest BCUT2D eigenvalue weighted by molar-refractivity contribution is 9.10.